The quantitative estimate of drug-likeness (QED) is 0.224. The highest BCUT2D eigenvalue weighted by molar-refractivity contribution is 7.80. The van der Waals surface area contributed by atoms with Crippen LogP contribution in [0, 0.1) is 12.8 Å². The van der Waals surface area contributed by atoms with E-state index in [2.05, 4.69) is 17.9 Å². The molecule has 8 atom stereocenters. The number of nitrogens with one attached hydrogen (secondary N) is 1. The summed E-state index contributed by atoms with van der Waals surface area (Å²) in [6.07, 6.45) is 1.39. The van der Waals surface area contributed by atoms with Gasteiger partial charge in [-0.15, -0.1) is 0 Å². The maximum absolute atomic E-state index is 14.0. The van der Waals surface area contributed by atoms with Crippen LogP contribution in [0.3, 0.4) is 0 Å². The molecular weight excluding hydrogens is 674 g/mol. The molecule has 14 heteroatoms. The molecule has 0 unspecified atom stereocenters. The number of benzene rings is 1. The number of fused-ring (bicyclic) bond motifs is 5. The molecule has 0 aromatic heterocycles. The van der Waals surface area contributed by atoms with Crippen molar-refractivity contribution in [1.29, 1.82) is 0 Å². The van der Waals surface area contributed by atoms with Gasteiger partial charge >= 0.3 is 12.1 Å². The molecule has 3 aliphatic heterocycles. The summed E-state index contributed by atoms with van der Waals surface area (Å²) in [4.78, 5) is 55.6. The third-order valence-electron chi connectivity index (χ3n) is 9.85. The number of hydrogen-bond donors (Lipinski definition) is 3. The molecule has 0 spiro atoms. The van der Waals surface area contributed by atoms with Gasteiger partial charge in [-0.25, -0.2) is 9.59 Å². The number of aliphatic hydroxyl groups is 1. The standard InChI is InChI=1S/C35H48ClN3O9S/c1-19-10-9-11-26(45-8)35(44)18-25(46-33(43)37-35)21(3)31-34(5,48-31)27(47-32(42)22(4)38(6)28(40)12-13-49)17-29(41)39(7)24-16-23(14-19)15-20(2)30(24)36/h9-11,15-16,21-22,25-27,31,44,49H,12-14,17-18H2,1-8H3,(H,37,43)/b11-9+,19-10+/t21-,22+,25+,26-,27+,31+,34+,35+/m1/s1. The SMILES string of the molecule is CO[C@@H]1/C=C/C=C(\C)Cc2cc(C)c(Cl)c(c2)N(C)C(=O)C[C@H](OC(=O)[C@H](C)N(C)C(=O)CCS)[C@]2(C)O[C@H]2[C@H](C)[C@@H]2C[C@@]1(O)NC(=O)O2. The molecule has 12 nitrogen and oxygen atoms in total. The first-order valence-electron chi connectivity index (χ1n) is 16.3. The van der Waals surface area contributed by atoms with Gasteiger partial charge in [0.05, 0.1) is 23.2 Å². The van der Waals surface area contributed by atoms with Crippen molar-refractivity contribution in [3.05, 3.63) is 52.1 Å². The van der Waals surface area contributed by atoms with Crippen LogP contribution in [0.2, 0.25) is 5.02 Å². The highest BCUT2D eigenvalue weighted by atomic mass is 35.5. The zero-order valence-corrected chi connectivity index (χ0v) is 31.0. The van der Waals surface area contributed by atoms with E-state index in [1.165, 1.54) is 24.0 Å². The Balaban J connectivity index is 1.76. The van der Waals surface area contributed by atoms with Gasteiger partial charge in [-0.3, -0.25) is 14.9 Å². The third-order valence-corrected chi connectivity index (χ3v) is 10.6. The number of allylic oxidation sites excluding steroid dienone is 3. The van der Waals surface area contributed by atoms with Crippen LogP contribution < -0.4 is 10.2 Å². The molecule has 2 N–H and O–H groups in total. The minimum Gasteiger partial charge on any atom is -0.457 e. The first-order chi connectivity index (χ1) is 22.9. The van der Waals surface area contributed by atoms with E-state index in [0.29, 0.717) is 22.9 Å². The van der Waals surface area contributed by atoms with Crippen LogP contribution in [0.15, 0.2) is 35.9 Å². The Hall–Kier alpha value is -3.10. The largest absolute Gasteiger partial charge is 0.457 e. The number of likely N-dealkylation sites (N-methyl/N-ethyl adjacent to an activating group) is 1. The van der Waals surface area contributed by atoms with E-state index in [-0.39, 0.29) is 31.1 Å². The molecule has 2 fully saturated rings. The van der Waals surface area contributed by atoms with Gasteiger partial charge in [-0.05, 0) is 57.1 Å². The molecule has 270 valence electrons. The molecule has 0 aliphatic carbocycles. The molecule has 3 heterocycles. The molecule has 49 heavy (non-hydrogen) atoms. The molecule has 1 aromatic rings. The van der Waals surface area contributed by atoms with E-state index in [0.717, 1.165) is 16.7 Å². The predicted octanol–water partition coefficient (Wildman–Crippen LogP) is 4.13. The summed E-state index contributed by atoms with van der Waals surface area (Å²) in [6.45, 7) is 8.89. The normalized spacial score (nSPS) is 32.8. The van der Waals surface area contributed by atoms with Gasteiger partial charge in [0.15, 0.2) is 5.72 Å². The lowest BCUT2D eigenvalue weighted by molar-refractivity contribution is -0.161. The van der Waals surface area contributed by atoms with Gasteiger partial charge < -0.3 is 33.9 Å². The Morgan fingerprint density at radius 1 is 1.29 bits per heavy atom. The molecule has 0 radical (unpaired) electrons. The fourth-order valence-corrected chi connectivity index (χ4v) is 6.95. The molecule has 1 aromatic carbocycles. The molecular formula is C35H48ClN3O9S. The average Bonchev–Trinajstić information content (AvgIpc) is 3.74. The smallest absolute Gasteiger partial charge is 0.409 e. The van der Waals surface area contributed by atoms with Crippen LogP contribution in [0.4, 0.5) is 10.5 Å². The van der Waals surface area contributed by atoms with Crippen molar-refractivity contribution in [3.8, 4) is 0 Å². The van der Waals surface area contributed by atoms with Gasteiger partial charge in [-0.2, -0.15) is 12.6 Å². The van der Waals surface area contributed by atoms with Crippen LogP contribution in [0.5, 0.6) is 0 Å². The number of halogens is 1. The number of esters is 1. The topological polar surface area (TPSA) is 147 Å². The summed E-state index contributed by atoms with van der Waals surface area (Å²) in [5, 5.41) is 14.6. The number of alkyl carbamates (subject to hydrolysis) is 1. The van der Waals surface area contributed by atoms with Crippen molar-refractivity contribution in [2.75, 3.05) is 31.9 Å². The molecule has 4 bridgehead atoms. The van der Waals surface area contributed by atoms with Gasteiger partial charge in [0.1, 0.15) is 30.0 Å². The van der Waals surface area contributed by atoms with Gasteiger partial charge in [-0.1, -0.05) is 48.4 Å². The lowest BCUT2D eigenvalue weighted by Gasteiger charge is -2.42. The number of hydrogen-bond acceptors (Lipinski definition) is 10. The fraction of sp³-hybridized carbons (Fsp3) is 0.600. The van der Waals surface area contributed by atoms with Gasteiger partial charge in [0.2, 0.25) is 11.8 Å². The first-order valence-corrected chi connectivity index (χ1v) is 17.3. The molecule has 2 saturated heterocycles. The first kappa shape index (κ1) is 38.7. The number of rotatable bonds is 6. The van der Waals surface area contributed by atoms with Crippen molar-refractivity contribution in [3.63, 3.8) is 0 Å². The summed E-state index contributed by atoms with van der Waals surface area (Å²) in [5.41, 5.74) is 0.185. The maximum Gasteiger partial charge on any atom is 0.409 e. The lowest BCUT2D eigenvalue weighted by Crippen LogP contribution is -2.63. The molecule has 3 amide bonds. The molecule has 4 rings (SSSR count). The Morgan fingerprint density at radius 2 is 1.98 bits per heavy atom. The Kier molecular flexibility index (Phi) is 12.2. The van der Waals surface area contributed by atoms with Crippen molar-refractivity contribution in [1.82, 2.24) is 10.2 Å². The van der Waals surface area contributed by atoms with E-state index in [4.69, 9.17) is 30.5 Å². The second-order valence-corrected chi connectivity index (χ2v) is 14.3. The summed E-state index contributed by atoms with van der Waals surface area (Å²) >= 11 is 10.9. The number of amides is 3. The number of carbonyl (C=O) groups excluding carboxylic acids is 4. The van der Waals surface area contributed by atoms with Crippen LogP contribution in [0.1, 0.15) is 58.1 Å². The van der Waals surface area contributed by atoms with Crippen LogP contribution in [0.25, 0.3) is 0 Å². The van der Waals surface area contributed by atoms with Crippen molar-refractivity contribution in [2.24, 2.45) is 5.92 Å². The van der Waals surface area contributed by atoms with Gasteiger partial charge in [0.25, 0.3) is 0 Å². The highest BCUT2D eigenvalue weighted by Gasteiger charge is 2.64. The Morgan fingerprint density at radius 3 is 2.63 bits per heavy atom. The van der Waals surface area contributed by atoms with E-state index >= 15 is 0 Å². The van der Waals surface area contributed by atoms with E-state index < -0.39 is 59.8 Å². The van der Waals surface area contributed by atoms with E-state index in [1.54, 1.807) is 40.0 Å². The third kappa shape index (κ3) is 8.45. The van der Waals surface area contributed by atoms with Crippen LogP contribution in [-0.4, -0.2) is 103 Å². The molecule has 0 saturated carbocycles. The van der Waals surface area contributed by atoms with Crippen LogP contribution in [-0.2, 0) is 39.8 Å². The number of carbonyl (C=O) groups is 4. The Bertz CT molecular complexity index is 1520. The zero-order chi connectivity index (χ0) is 36.4. The predicted molar refractivity (Wildman–Crippen MR) is 188 cm³/mol. The van der Waals surface area contributed by atoms with Crippen molar-refractivity contribution >= 4 is 53.8 Å². The summed E-state index contributed by atoms with van der Waals surface area (Å²) in [7, 11) is 4.56. The number of nitrogens with zero attached hydrogens (tertiary/aromatic N) is 2. The zero-order valence-electron chi connectivity index (χ0n) is 29.3. The monoisotopic (exact) mass is 721 g/mol. The van der Waals surface area contributed by atoms with Crippen molar-refractivity contribution in [2.45, 2.75) is 102 Å². The average molecular weight is 722 g/mol. The second-order valence-electron chi connectivity index (χ2n) is 13.5. The summed E-state index contributed by atoms with van der Waals surface area (Å²) in [5.74, 6) is -1.57. The number of methoxy groups -OCH3 is 1. The number of anilines is 1. The lowest BCUT2D eigenvalue weighted by atomic mass is 9.83. The highest BCUT2D eigenvalue weighted by Crippen LogP contribution is 2.49. The minimum atomic E-state index is -1.80. The minimum absolute atomic E-state index is 0.0355. The fourth-order valence-electron chi connectivity index (χ4n) is 6.53. The van der Waals surface area contributed by atoms with Gasteiger partial charge in [0, 0.05) is 40.0 Å². The van der Waals surface area contributed by atoms with E-state index in [9.17, 15) is 24.3 Å². The number of ether oxygens (including phenoxy) is 4. The summed E-state index contributed by atoms with van der Waals surface area (Å²) in [6, 6.07) is 2.85. The number of epoxide rings is 1. The van der Waals surface area contributed by atoms with Crippen molar-refractivity contribution < 1.29 is 43.2 Å². The Labute approximate surface area is 298 Å². The number of thiol groups is 1. The van der Waals surface area contributed by atoms with E-state index in [1.807, 2.05) is 32.1 Å². The second kappa shape index (κ2) is 15.4. The maximum atomic E-state index is 14.0. The number of aryl methyl sites for hydroxylation is 1. The summed E-state index contributed by atoms with van der Waals surface area (Å²) < 4.78 is 23.5. The molecule has 3 aliphatic rings. The van der Waals surface area contributed by atoms with Crippen LogP contribution >= 0.6 is 24.2 Å².